The molecule has 0 amide bonds. The van der Waals surface area contributed by atoms with Gasteiger partial charge in [0.05, 0.1) is 23.6 Å². The van der Waals surface area contributed by atoms with Gasteiger partial charge >= 0.3 is 0 Å². The number of hydrogen-bond donors (Lipinski definition) is 0. The molecule has 3 heteroatoms. The van der Waals surface area contributed by atoms with Gasteiger partial charge in [-0.15, -0.1) is 0 Å². The second kappa shape index (κ2) is 21.9. The fraction of sp³-hybridized carbons (Fsp3) is 0.0968. The molecule has 0 fully saturated rings. The number of nitrogens with zero attached hydrogens (tertiary/aromatic N) is 2. The lowest BCUT2D eigenvalue weighted by Gasteiger charge is -2.46. The lowest BCUT2D eigenvalue weighted by molar-refractivity contribution is 0.590. The molecule has 0 saturated heterocycles. The van der Waals surface area contributed by atoms with Gasteiger partial charge < -0.3 is 9.80 Å². The number of anilines is 6. The summed E-state index contributed by atoms with van der Waals surface area (Å²) in [5, 5.41) is 0. The quantitative estimate of drug-likeness (QED) is 0.140. The summed E-state index contributed by atoms with van der Waals surface area (Å²) >= 11 is 0. The van der Waals surface area contributed by atoms with Crippen LogP contribution in [0.3, 0.4) is 0 Å². The summed E-state index contributed by atoms with van der Waals surface area (Å²) in [5.41, 5.74) is 31.6. The van der Waals surface area contributed by atoms with Crippen molar-refractivity contribution in [3.63, 3.8) is 0 Å². The van der Waals surface area contributed by atoms with E-state index in [0.717, 1.165) is 112 Å². The smallest absolute Gasteiger partial charge is 0.252 e. The molecule has 0 N–H and O–H groups in total. The Morgan fingerprint density at radius 3 is 1.21 bits per heavy atom. The van der Waals surface area contributed by atoms with Crippen molar-refractivity contribution < 1.29 is 6.85 Å². The third-order valence-electron chi connectivity index (χ3n) is 20.8. The van der Waals surface area contributed by atoms with E-state index in [1.165, 1.54) is 50.1 Å². The number of benzene rings is 14. The molecule has 2 heterocycles. The highest BCUT2D eigenvalue weighted by atomic mass is 15.2. The molecule has 4 aliphatic rings. The van der Waals surface area contributed by atoms with Crippen LogP contribution in [-0.2, 0) is 16.2 Å². The summed E-state index contributed by atoms with van der Waals surface area (Å²) in [6.45, 7) is 13.4. The summed E-state index contributed by atoms with van der Waals surface area (Å²) in [5.74, 6) is 0. The Hall–Kier alpha value is -11.3. The molecule has 96 heavy (non-hydrogen) atoms. The predicted octanol–water partition coefficient (Wildman–Crippen LogP) is 22.7. The van der Waals surface area contributed by atoms with E-state index in [9.17, 15) is 2.74 Å². The molecule has 18 rings (SSSR count). The molecule has 0 bridgehead atoms. The van der Waals surface area contributed by atoms with E-state index in [-0.39, 0.29) is 35.1 Å². The SMILES string of the molecule is [2H]c1c([2H])c([2H])c(-c2ccc3c(c2)B2c4ccc(-c5cccc6c5C5(c7ccccc7-c7ccccc75)c5ccccc5-6)cc4N(c4c(-c5ccccc5)cc(C(C)(C)C)cc4-c4ccccc4)c4cc(C(C)(C)C)cc(c42)N3c2c(-c3ccccc3)cccc2-c2ccccc2)c([2H])c1[2H]. The molecule has 14 aromatic rings. The first-order valence-corrected chi connectivity index (χ1v) is 33.6. The maximum absolute atomic E-state index is 9.60. The largest absolute Gasteiger partial charge is 0.310 e. The van der Waals surface area contributed by atoms with E-state index < -0.39 is 23.6 Å². The second-order valence-corrected chi connectivity index (χ2v) is 28.3. The van der Waals surface area contributed by atoms with E-state index in [0.29, 0.717) is 5.56 Å². The first-order valence-electron chi connectivity index (χ1n) is 36.1. The highest BCUT2D eigenvalue weighted by Gasteiger charge is 2.53. The van der Waals surface area contributed by atoms with E-state index in [2.05, 4.69) is 336 Å². The van der Waals surface area contributed by atoms with Gasteiger partial charge in [-0.3, -0.25) is 0 Å². The molecule has 0 radical (unpaired) electrons. The first-order chi connectivity index (χ1) is 49.0. The van der Waals surface area contributed by atoms with Crippen LogP contribution in [0.15, 0.2) is 321 Å². The number of para-hydroxylation sites is 1. The molecule has 0 atom stereocenters. The third kappa shape index (κ3) is 8.72. The van der Waals surface area contributed by atoms with Gasteiger partial charge in [0.1, 0.15) is 0 Å². The van der Waals surface area contributed by atoms with E-state index in [1.54, 1.807) is 0 Å². The molecular formula is C93H71BN2. The average Bonchev–Trinajstić information content (AvgIpc) is 1.59. The van der Waals surface area contributed by atoms with Gasteiger partial charge in [-0.05, 0) is 164 Å². The Morgan fingerprint density at radius 2 is 0.698 bits per heavy atom. The van der Waals surface area contributed by atoms with Gasteiger partial charge in [-0.2, -0.15) is 0 Å². The number of hydrogen-bond acceptors (Lipinski definition) is 2. The van der Waals surface area contributed by atoms with Crippen LogP contribution in [-0.4, -0.2) is 6.71 Å². The van der Waals surface area contributed by atoms with Gasteiger partial charge in [-0.1, -0.05) is 327 Å². The van der Waals surface area contributed by atoms with Crippen LogP contribution in [0.25, 0.3) is 89.0 Å². The Balaban J connectivity index is 1.02. The van der Waals surface area contributed by atoms with E-state index >= 15 is 0 Å². The summed E-state index contributed by atoms with van der Waals surface area (Å²) in [6, 6.07) is 106. The van der Waals surface area contributed by atoms with Crippen molar-refractivity contribution in [2.75, 3.05) is 9.80 Å². The fourth-order valence-corrected chi connectivity index (χ4v) is 16.5. The van der Waals surface area contributed by atoms with E-state index in [1.807, 2.05) is 6.07 Å². The van der Waals surface area contributed by atoms with Crippen LogP contribution >= 0.6 is 0 Å². The van der Waals surface area contributed by atoms with Crippen molar-refractivity contribution in [1.82, 2.24) is 0 Å². The van der Waals surface area contributed by atoms with Gasteiger partial charge in [0.25, 0.3) is 6.71 Å². The Bertz CT molecular complexity index is 5550. The minimum absolute atomic E-state index is 0.156. The van der Waals surface area contributed by atoms with Crippen LogP contribution in [0.4, 0.5) is 34.1 Å². The summed E-state index contributed by atoms with van der Waals surface area (Å²) in [6.07, 6.45) is 0. The predicted molar refractivity (Wildman–Crippen MR) is 407 cm³/mol. The Morgan fingerprint density at radius 1 is 0.292 bits per heavy atom. The van der Waals surface area contributed by atoms with Crippen LogP contribution < -0.4 is 26.2 Å². The summed E-state index contributed by atoms with van der Waals surface area (Å²) < 4.78 is 46.2. The zero-order valence-electron chi connectivity index (χ0n) is 59.7. The third-order valence-corrected chi connectivity index (χ3v) is 20.8. The lowest BCUT2D eigenvalue weighted by Crippen LogP contribution is -2.61. The normalized spacial score (nSPS) is 14.3. The van der Waals surface area contributed by atoms with Gasteiger partial charge in [0, 0.05) is 45.0 Å². The molecule has 2 aliphatic heterocycles. The number of rotatable bonds is 8. The van der Waals surface area contributed by atoms with Crippen LogP contribution in [0.1, 0.15) is 81.8 Å². The molecule has 0 saturated carbocycles. The Labute approximate surface area is 572 Å². The molecule has 1 spiro atoms. The maximum atomic E-state index is 9.60. The fourth-order valence-electron chi connectivity index (χ4n) is 16.5. The number of fused-ring (bicyclic) bond motifs is 14. The molecule has 14 aromatic carbocycles. The molecule has 456 valence electrons. The van der Waals surface area contributed by atoms with Crippen LogP contribution in [0, 0.1) is 0 Å². The molecule has 2 nitrogen and oxygen atoms in total. The Kier molecular flexibility index (Phi) is 11.9. The highest BCUT2D eigenvalue weighted by Crippen LogP contribution is 2.65. The average molecular weight is 1230 g/mol. The van der Waals surface area contributed by atoms with Crippen molar-refractivity contribution >= 4 is 57.2 Å². The van der Waals surface area contributed by atoms with Crippen molar-refractivity contribution in [2.45, 2.75) is 57.8 Å². The van der Waals surface area contributed by atoms with Gasteiger partial charge in [0.2, 0.25) is 0 Å². The van der Waals surface area contributed by atoms with Gasteiger partial charge in [0.15, 0.2) is 0 Å². The minimum Gasteiger partial charge on any atom is -0.310 e. The van der Waals surface area contributed by atoms with E-state index in [4.69, 9.17) is 4.11 Å². The molecule has 2 aliphatic carbocycles. The molecule has 0 unspecified atom stereocenters. The highest BCUT2D eigenvalue weighted by molar-refractivity contribution is 7.00. The summed E-state index contributed by atoms with van der Waals surface area (Å²) in [4.78, 5) is 5.15. The molecule has 0 aromatic heterocycles. The zero-order chi connectivity index (χ0) is 69.0. The maximum Gasteiger partial charge on any atom is 0.252 e. The first kappa shape index (κ1) is 52.2. The zero-order valence-corrected chi connectivity index (χ0v) is 54.7. The van der Waals surface area contributed by atoms with Crippen molar-refractivity contribution in [2.24, 2.45) is 0 Å². The standard InChI is InChI=1S/C93H71BN2/c1-91(2,3)67-56-76(63-36-18-10-19-37-63)90(77(57-67)64-38-20-11-21-39-64)96-84-55-66(69-43-28-46-75-74-42-24-27-49-80(74)93(87(69)75)78-47-25-22-40-72(78)73-41-23-26-48-79(73)93)50-52-81(84)94-82-54-65(60-30-12-7-13-31-60)51-53-83(82)95(85-58-68(92(4,5)6)59-86(96)88(85)94)89-70(61-32-14-8-15-33-61)44-29-45-71(89)62-34-16-9-17-35-62/h7-59H,1-6H3/i7D,12D,13D,30D,31D. The second-order valence-electron chi connectivity index (χ2n) is 28.3. The monoisotopic (exact) mass is 1230 g/mol. The van der Waals surface area contributed by atoms with Crippen molar-refractivity contribution in [3.05, 3.63) is 355 Å². The summed E-state index contributed by atoms with van der Waals surface area (Å²) in [7, 11) is 0. The molecular weight excluding hydrogens is 1160 g/mol. The van der Waals surface area contributed by atoms with Crippen molar-refractivity contribution in [3.8, 4) is 89.0 Å². The topological polar surface area (TPSA) is 6.48 Å². The van der Waals surface area contributed by atoms with Crippen molar-refractivity contribution in [1.29, 1.82) is 0 Å². The minimum atomic E-state index is -0.641. The van der Waals surface area contributed by atoms with Gasteiger partial charge in [-0.25, -0.2) is 0 Å². The van der Waals surface area contributed by atoms with Crippen LogP contribution in [0.5, 0.6) is 0 Å². The van der Waals surface area contributed by atoms with Crippen LogP contribution in [0.2, 0.25) is 0 Å². The lowest BCUT2D eigenvalue weighted by atomic mass is 9.33.